The number of anilines is 1. The quantitative estimate of drug-likeness (QED) is 0.337. The van der Waals surface area contributed by atoms with Crippen LogP contribution in [-0.4, -0.2) is 27.5 Å². The SMILES string of the molecule is O=C(Cc1cc(=O)[nH]c(SCC(=O)Nc2ccc(C(F)(F)F)cc2)n1)NCc1cccs1. The third-order valence-electron chi connectivity index (χ3n) is 3.99. The van der Waals surface area contributed by atoms with Crippen LogP contribution in [0.1, 0.15) is 16.1 Å². The first-order valence-electron chi connectivity index (χ1n) is 9.18. The number of nitrogens with zero attached hydrogens (tertiary/aromatic N) is 1. The first-order valence-corrected chi connectivity index (χ1v) is 11.0. The Balaban J connectivity index is 1.52. The molecule has 0 unspecified atom stereocenters. The van der Waals surface area contributed by atoms with E-state index in [4.69, 9.17) is 0 Å². The molecule has 1 aromatic carbocycles. The molecule has 2 aromatic heterocycles. The minimum absolute atomic E-state index is 0.0966. The molecule has 0 bridgehead atoms. The Morgan fingerprint density at radius 1 is 1.12 bits per heavy atom. The minimum Gasteiger partial charge on any atom is -0.351 e. The van der Waals surface area contributed by atoms with Gasteiger partial charge in [0.25, 0.3) is 5.56 Å². The van der Waals surface area contributed by atoms with Crippen molar-refractivity contribution < 1.29 is 22.8 Å². The fraction of sp³-hybridized carbons (Fsp3) is 0.200. The molecule has 7 nitrogen and oxygen atoms in total. The number of hydrogen-bond donors (Lipinski definition) is 3. The summed E-state index contributed by atoms with van der Waals surface area (Å²) in [6.45, 7) is 0.380. The van der Waals surface area contributed by atoms with Gasteiger partial charge in [-0.15, -0.1) is 11.3 Å². The van der Waals surface area contributed by atoms with E-state index in [2.05, 4.69) is 20.6 Å². The lowest BCUT2D eigenvalue weighted by molar-refractivity contribution is -0.137. The number of carbonyl (C=O) groups is 2. The van der Waals surface area contributed by atoms with E-state index in [0.29, 0.717) is 6.54 Å². The molecule has 2 heterocycles. The highest BCUT2D eigenvalue weighted by Gasteiger charge is 2.30. The van der Waals surface area contributed by atoms with E-state index >= 15 is 0 Å². The lowest BCUT2D eigenvalue weighted by atomic mass is 10.2. The van der Waals surface area contributed by atoms with Crippen molar-refractivity contribution in [3.05, 3.63) is 74.3 Å². The van der Waals surface area contributed by atoms with E-state index < -0.39 is 23.2 Å². The first-order chi connectivity index (χ1) is 15.2. The molecule has 168 valence electrons. The second-order valence-corrected chi connectivity index (χ2v) is 8.48. The number of H-pyrrole nitrogens is 1. The summed E-state index contributed by atoms with van der Waals surface area (Å²) in [5.41, 5.74) is -0.820. The van der Waals surface area contributed by atoms with Crippen molar-refractivity contribution in [2.24, 2.45) is 0 Å². The summed E-state index contributed by atoms with van der Waals surface area (Å²) in [5.74, 6) is -0.929. The fourth-order valence-corrected chi connectivity index (χ4v) is 3.88. The molecule has 32 heavy (non-hydrogen) atoms. The van der Waals surface area contributed by atoms with Crippen molar-refractivity contribution >= 4 is 40.6 Å². The second-order valence-electron chi connectivity index (χ2n) is 6.49. The molecule has 0 radical (unpaired) electrons. The van der Waals surface area contributed by atoms with E-state index in [1.807, 2.05) is 17.5 Å². The normalized spacial score (nSPS) is 11.2. The highest BCUT2D eigenvalue weighted by molar-refractivity contribution is 7.99. The summed E-state index contributed by atoms with van der Waals surface area (Å²) in [6, 6.07) is 9.02. The molecule has 0 saturated carbocycles. The monoisotopic (exact) mass is 482 g/mol. The predicted molar refractivity (Wildman–Crippen MR) is 116 cm³/mol. The Morgan fingerprint density at radius 3 is 2.53 bits per heavy atom. The number of alkyl halides is 3. The molecule has 0 spiro atoms. The maximum absolute atomic E-state index is 12.6. The van der Waals surface area contributed by atoms with Crippen LogP contribution in [0.15, 0.2) is 57.8 Å². The van der Waals surface area contributed by atoms with E-state index in [9.17, 15) is 27.6 Å². The summed E-state index contributed by atoms with van der Waals surface area (Å²) < 4.78 is 37.8. The molecule has 0 aliphatic carbocycles. The molecule has 3 rings (SSSR count). The topological polar surface area (TPSA) is 104 Å². The lowest BCUT2D eigenvalue weighted by Crippen LogP contribution is -2.25. The number of rotatable bonds is 8. The third-order valence-corrected chi connectivity index (χ3v) is 5.74. The van der Waals surface area contributed by atoms with Crippen LogP contribution in [0, 0.1) is 0 Å². The molecule has 0 aliphatic rings. The predicted octanol–water partition coefficient (Wildman–Crippen LogP) is 3.44. The van der Waals surface area contributed by atoms with Gasteiger partial charge >= 0.3 is 6.18 Å². The Bertz CT molecular complexity index is 1130. The average molecular weight is 483 g/mol. The number of aromatic nitrogens is 2. The summed E-state index contributed by atoms with van der Waals surface area (Å²) in [5, 5.41) is 7.27. The standard InChI is InChI=1S/C20H17F3N4O3S2/c21-20(22,23)12-3-5-13(6-4-12)25-18(30)11-32-19-26-14(9-17(29)27-19)8-16(28)24-10-15-2-1-7-31-15/h1-7,9H,8,10-11H2,(H,24,28)(H,25,30)(H,26,27,29). The van der Waals surface area contributed by atoms with Crippen LogP contribution in [0.4, 0.5) is 18.9 Å². The van der Waals surface area contributed by atoms with Gasteiger partial charge in [0.2, 0.25) is 11.8 Å². The van der Waals surface area contributed by atoms with Gasteiger partial charge in [0, 0.05) is 16.6 Å². The van der Waals surface area contributed by atoms with Crippen LogP contribution >= 0.6 is 23.1 Å². The number of benzene rings is 1. The fourth-order valence-electron chi connectivity index (χ4n) is 2.54. The van der Waals surface area contributed by atoms with Crippen molar-refractivity contribution in [3.8, 4) is 0 Å². The van der Waals surface area contributed by atoms with Crippen molar-refractivity contribution in [3.63, 3.8) is 0 Å². The molecule has 2 amide bonds. The largest absolute Gasteiger partial charge is 0.416 e. The molecule has 3 N–H and O–H groups in total. The molecule has 3 aromatic rings. The number of thioether (sulfide) groups is 1. The summed E-state index contributed by atoms with van der Waals surface area (Å²) in [4.78, 5) is 43.7. The van der Waals surface area contributed by atoms with Gasteiger partial charge in [0.1, 0.15) is 0 Å². The van der Waals surface area contributed by atoms with Gasteiger partial charge in [-0.2, -0.15) is 13.2 Å². The van der Waals surface area contributed by atoms with Crippen molar-refractivity contribution in [2.75, 3.05) is 11.1 Å². The molecule has 0 fully saturated rings. The number of nitrogens with one attached hydrogen (secondary N) is 3. The molecule has 0 atom stereocenters. The van der Waals surface area contributed by atoms with Gasteiger partial charge in [-0.05, 0) is 35.7 Å². The second kappa shape index (κ2) is 10.5. The number of amides is 2. The van der Waals surface area contributed by atoms with Gasteiger partial charge in [-0.1, -0.05) is 17.8 Å². The van der Waals surface area contributed by atoms with Crippen molar-refractivity contribution in [1.82, 2.24) is 15.3 Å². The highest BCUT2D eigenvalue weighted by Crippen LogP contribution is 2.29. The number of thiophene rings is 1. The zero-order chi connectivity index (χ0) is 23.1. The molecule has 0 aliphatic heterocycles. The van der Waals surface area contributed by atoms with Gasteiger partial charge < -0.3 is 15.6 Å². The van der Waals surface area contributed by atoms with Gasteiger partial charge in [-0.3, -0.25) is 14.4 Å². The van der Waals surface area contributed by atoms with Crippen molar-refractivity contribution in [2.45, 2.75) is 24.3 Å². The van der Waals surface area contributed by atoms with Crippen LogP contribution in [0.5, 0.6) is 0 Å². The average Bonchev–Trinajstić information content (AvgIpc) is 3.24. The Labute approximate surface area is 188 Å². The smallest absolute Gasteiger partial charge is 0.351 e. The van der Waals surface area contributed by atoms with Gasteiger partial charge in [0.15, 0.2) is 5.16 Å². The lowest BCUT2D eigenvalue weighted by Gasteiger charge is -2.09. The zero-order valence-electron chi connectivity index (χ0n) is 16.4. The third kappa shape index (κ3) is 7.24. The van der Waals surface area contributed by atoms with Crippen LogP contribution in [-0.2, 0) is 28.7 Å². The minimum atomic E-state index is -4.46. The Hall–Kier alpha value is -3.12. The van der Waals surface area contributed by atoms with Crippen LogP contribution < -0.4 is 16.2 Å². The van der Waals surface area contributed by atoms with Crippen LogP contribution in [0.2, 0.25) is 0 Å². The molecule has 12 heteroatoms. The highest BCUT2D eigenvalue weighted by atomic mass is 32.2. The zero-order valence-corrected chi connectivity index (χ0v) is 18.0. The Kier molecular flexibility index (Phi) is 7.70. The summed E-state index contributed by atoms with van der Waals surface area (Å²) in [7, 11) is 0. The number of hydrogen-bond acceptors (Lipinski definition) is 6. The first kappa shape index (κ1) is 23.5. The van der Waals surface area contributed by atoms with Crippen LogP contribution in [0.3, 0.4) is 0 Å². The van der Waals surface area contributed by atoms with Gasteiger partial charge in [-0.25, -0.2) is 4.98 Å². The number of carbonyl (C=O) groups excluding carboxylic acids is 2. The van der Waals surface area contributed by atoms with Crippen molar-refractivity contribution in [1.29, 1.82) is 0 Å². The van der Waals surface area contributed by atoms with E-state index in [1.165, 1.54) is 17.4 Å². The van der Waals surface area contributed by atoms with E-state index in [0.717, 1.165) is 40.9 Å². The Morgan fingerprint density at radius 2 is 1.88 bits per heavy atom. The molecule has 0 saturated heterocycles. The van der Waals surface area contributed by atoms with E-state index in [1.54, 1.807) is 0 Å². The molecular formula is C20H17F3N4O3S2. The molecular weight excluding hydrogens is 465 g/mol. The summed E-state index contributed by atoms with van der Waals surface area (Å²) >= 11 is 2.44. The number of halogens is 3. The maximum atomic E-state index is 12.6. The maximum Gasteiger partial charge on any atom is 0.416 e. The summed E-state index contributed by atoms with van der Waals surface area (Å²) in [6.07, 6.45) is -4.55. The van der Waals surface area contributed by atoms with Crippen LogP contribution in [0.25, 0.3) is 0 Å². The van der Waals surface area contributed by atoms with Gasteiger partial charge in [0.05, 0.1) is 30.0 Å². The van der Waals surface area contributed by atoms with E-state index in [-0.39, 0.29) is 34.6 Å². The number of aromatic amines is 1.